The summed E-state index contributed by atoms with van der Waals surface area (Å²) in [5, 5.41) is 8.79. The Bertz CT molecular complexity index is 428. The molecule has 104 valence electrons. The Morgan fingerprint density at radius 3 is 2.47 bits per heavy atom. The summed E-state index contributed by atoms with van der Waals surface area (Å²) in [4.78, 5) is 38.3. The van der Waals surface area contributed by atoms with Crippen molar-refractivity contribution in [2.75, 3.05) is 6.54 Å². The first-order valence-electron chi connectivity index (χ1n) is 6.91. The van der Waals surface area contributed by atoms with Crippen LogP contribution in [-0.2, 0) is 14.4 Å². The molecule has 0 aromatic rings. The van der Waals surface area contributed by atoms with E-state index in [0.29, 0.717) is 12.6 Å². The maximum Gasteiger partial charge on any atom is 0.304 e. The molecule has 1 unspecified atom stereocenters. The number of carboxylic acid groups (broad SMARTS) is 1. The predicted octanol–water partition coefficient (Wildman–Crippen LogP) is 0.215. The highest BCUT2D eigenvalue weighted by Gasteiger charge is 2.50. The molecule has 2 saturated carbocycles. The first kappa shape index (κ1) is 12.6. The van der Waals surface area contributed by atoms with Gasteiger partial charge in [-0.05, 0) is 25.7 Å². The van der Waals surface area contributed by atoms with Gasteiger partial charge < -0.3 is 5.11 Å². The molecule has 2 amide bonds. The zero-order valence-corrected chi connectivity index (χ0v) is 10.7. The van der Waals surface area contributed by atoms with Crippen molar-refractivity contribution in [1.82, 2.24) is 9.80 Å². The zero-order valence-electron chi connectivity index (χ0n) is 10.7. The third-order valence-corrected chi connectivity index (χ3v) is 4.07. The quantitative estimate of drug-likeness (QED) is 0.696. The van der Waals surface area contributed by atoms with E-state index in [1.807, 2.05) is 4.90 Å². The smallest absolute Gasteiger partial charge is 0.304 e. The van der Waals surface area contributed by atoms with E-state index in [4.69, 9.17) is 5.11 Å². The predicted molar refractivity (Wildman–Crippen MR) is 65.3 cm³/mol. The topological polar surface area (TPSA) is 77.9 Å². The minimum absolute atomic E-state index is 0.0257. The van der Waals surface area contributed by atoms with Crippen molar-refractivity contribution in [1.29, 1.82) is 0 Å². The average molecular weight is 266 g/mol. The lowest BCUT2D eigenvalue weighted by Gasteiger charge is -2.26. The van der Waals surface area contributed by atoms with E-state index in [0.717, 1.165) is 25.7 Å². The summed E-state index contributed by atoms with van der Waals surface area (Å²) in [7, 11) is 0. The molecule has 0 aromatic carbocycles. The standard InChI is InChI=1S/C13H18N2O4/c16-11-7-10(13(19)15(11)9-3-4-9)14(8-1-2-8)6-5-12(17)18/h8-10H,1-7H2,(H,17,18). The van der Waals surface area contributed by atoms with E-state index in [2.05, 4.69) is 0 Å². The number of likely N-dealkylation sites (tertiary alicyclic amines) is 1. The summed E-state index contributed by atoms with van der Waals surface area (Å²) < 4.78 is 0. The lowest BCUT2D eigenvalue weighted by Crippen LogP contribution is -2.44. The van der Waals surface area contributed by atoms with Crippen LogP contribution in [0, 0.1) is 0 Å². The van der Waals surface area contributed by atoms with Crippen LogP contribution in [0.5, 0.6) is 0 Å². The van der Waals surface area contributed by atoms with Crippen LogP contribution in [0.25, 0.3) is 0 Å². The molecule has 1 atom stereocenters. The maximum absolute atomic E-state index is 12.3. The molecule has 1 heterocycles. The van der Waals surface area contributed by atoms with Crippen molar-refractivity contribution in [2.24, 2.45) is 0 Å². The molecule has 6 nitrogen and oxygen atoms in total. The van der Waals surface area contributed by atoms with Gasteiger partial charge in [0.05, 0.1) is 18.9 Å². The summed E-state index contributed by atoms with van der Waals surface area (Å²) in [6.07, 6.45) is 4.09. The third-order valence-electron chi connectivity index (χ3n) is 4.07. The molecule has 19 heavy (non-hydrogen) atoms. The Hall–Kier alpha value is -1.43. The molecule has 0 radical (unpaired) electrons. The Morgan fingerprint density at radius 1 is 1.26 bits per heavy atom. The van der Waals surface area contributed by atoms with E-state index in [1.165, 1.54) is 4.90 Å². The Labute approximate surface area is 111 Å². The van der Waals surface area contributed by atoms with E-state index in [-0.39, 0.29) is 30.7 Å². The Morgan fingerprint density at radius 2 is 1.95 bits per heavy atom. The van der Waals surface area contributed by atoms with E-state index < -0.39 is 12.0 Å². The van der Waals surface area contributed by atoms with Crippen molar-refractivity contribution < 1.29 is 19.5 Å². The van der Waals surface area contributed by atoms with Crippen LogP contribution in [0.4, 0.5) is 0 Å². The molecule has 0 bridgehead atoms. The summed E-state index contributed by atoms with van der Waals surface area (Å²) >= 11 is 0. The number of aliphatic carboxylic acids is 1. The number of hydrogen-bond acceptors (Lipinski definition) is 4. The second-order valence-corrected chi connectivity index (χ2v) is 5.67. The average Bonchev–Trinajstić information content (AvgIpc) is 3.21. The minimum Gasteiger partial charge on any atom is -0.481 e. The van der Waals surface area contributed by atoms with Crippen LogP contribution >= 0.6 is 0 Å². The summed E-state index contributed by atoms with van der Waals surface area (Å²) in [5.74, 6) is -1.05. The van der Waals surface area contributed by atoms with Crippen molar-refractivity contribution in [3.63, 3.8) is 0 Å². The fraction of sp³-hybridized carbons (Fsp3) is 0.769. The molecule has 1 N–H and O–H groups in total. The summed E-state index contributed by atoms with van der Waals surface area (Å²) in [5.41, 5.74) is 0. The van der Waals surface area contributed by atoms with E-state index >= 15 is 0 Å². The number of carbonyl (C=O) groups excluding carboxylic acids is 2. The highest BCUT2D eigenvalue weighted by molar-refractivity contribution is 6.06. The van der Waals surface area contributed by atoms with E-state index in [9.17, 15) is 14.4 Å². The molecule has 3 rings (SSSR count). The Kier molecular flexibility index (Phi) is 3.05. The number of carboxylic acids is 1. The molecule has 1 aliphatic heterocycles. The zero-order chi connectivity index (χ0) is 13.6. The van der Waals surface area contributed by atoms with Gasteiger partial charge in [-0.1, -0.05) is 0 Å². The molecule has 0 aromatic heterocycles. The van der Waals surface area contributed by atoms with Crippen LogP contribution in [0.2, 0.25) is 0 Å². The van der Waals surface area contributed by atoms with Gasteiger partial charge in [0.2, 0.25) is 11.8 Å². The highest BCUT2D eigenvalue weighted by atomic mass is 16.4. The van der Waals surface area contributed by atoms with Crippen LogP contribution in [0.3, 0.4) is 0 Å². The fourth-order valence-corrected chi connectivity index (χ4v) is 2.83. The molecule has 3 fully saturated rings. The molecule has 0 spiro atoms. The van der Waals surface area contributed by atoms with Crippen LogP contribution in [0.1, 0.15) is 38.5 Å². The lowest BCUT2D eigenvalue weighted by molar-refractivity contribution is -0.142. The number of rotatable bonds is 6. The lowest BCUT2D eigenvalue weighted by atomic mass is 10.2. The van der Waals surface area contributed by atoms with Crippen LogP contribution in [0.15, 0.2) is 0 Å². The van der Waals surface area contributed by atoms with Gasteiger partial charge in [0.25, 0.3) is 0 Å². The third kappa shape index (κ3) is 2.49. The number of hydrogen-bond donors (Lipinski definition) is 1. The first-order valence-corrected chi connectivity index (χ1v) is 6.91. The Balaban J connectivity index is 1.70. The first-order chi connectivity index (χ1) is 9.08. The van der Waals surface area contributed by atoms with Gasteiger partial charge in [-0.3, -0.25) is 24.2 Å². The fourth-order valence-electron chi connectivity index (χ4n) is 2.83. The minimum atomic E-state index is -0.860. The van der Waals surface area contributed by atoms with Gasteiger partial charge in [0, 0.05) is 18.6 Å². The maximum atomic E-state index is 12.3. The van der Waals surface area contributed by atoms with Crippen molar-refractivity contribution in [2.45, 2.75) is 56.7 Å². The van der Waals surface area contributed by atoms with Gasteiger partial charge in [0.1, 0.15) is 0 Å². The monoisotopic (exact) mass is 266 g/mol. The second-order valence-electron chi connectivity index (χ2n) is 5.67. The highest BCUT2D eigenvalue weighted by Crippen LogP contribution is 2.36. The molecular formula is C13H18N2O4. The van der Waals surface area contributed by atoms with Crippen molar-refractivity contribution in [3.05, 3.63) is 0 Å². The molecule has 2 aliphatic carbocycles. The van der Waals surface area contributed by atoms with Gasteiger partial charge in [0.15, 0.2) is 0 Å². The number of nitrogens with zero attached hydrogens (tertiary/aromatic N) is 2. The van der Waals surface area contributed by atoms with Crippen LogP contribution in [-0.4, -0.2) is 57.4 Å². The summed E-state index contributed by atoms with van der Waals surface area (Å²) in [6.45, 7) is 0.363. The van der Waals surface area contributed by atoms with Gasteiger partial charge in [-0.2, -0.15) is 0 Å². The van der Waals surface area contributed by atoms with Gasteiger partial charge >= 0.3 is 5.97 Å². The van der Waals surface area contributed by atoms with Crippen LogP contribution < -0.4 is 0 Å². The molecule has 3 aliphatic rings. The number of imide groups is 1. The van der Waals surface area contributed by atoms with Gasteiger partial charge in [-0.25, -0.2) is 0 Å². The molecular weight excluding hydrogens is 248 g/mol. The second kappa shape index (κ2) is 4.59. The molecule has 6 heteroatoms. The number of amides is 2. The summed E-state index contributed by atoms with van der Waals surface area (Å²) in [6, 6.07) is -0.00858. The normalized spacial score (nSPS) is 27.4. The van der Waals surface area contributed by atoms with E-state index in [1.54, 1.807) is 0 Å². The van der Waals surface area contributed by atoms with Crippen molar-refractivity contribution in [3.8, 4) is 0 Å². The SMILES string of the molecule is O=C(O)CCN(C1CC1)C1CC(=O)N(C2CC2)C1=O. The molecule has 1 saturated heterocycles. The van der Waals surface area contributed by atoms with Gasteiger partial charge in [-0.15, -0.1) is 0 Å². The van der Waals surface area contributed by atoms with Crippen molar-refractivity contribution >= 4 is 17.8 Å². The number of carbonyl (C=O) groups is 3. The largest absolute Gasteiger partial charge is 0.481 e.